The number of rotatable bonds is 7. The van der Waals surface area contributed by atoms with E-state index in [-0.39, 0.29) is 24.6 Å². The van der Waals surface area contributed by atoms with Crippen molar-refractivity contribution in [2.24, 2.45) is 0 Å². The zero-order valence-corrected chi connectivity index (χ0v) is 13.2. The number of anilines is 1. The van der Waals surface area contributed by atoms with Crippen LogP contribution in [0, 0.1) is 0 Å². The monoisotopic (exact) mass is 328 g/mol. The van der Waals surface area contributed by atoms with Gasteiger partial charge in [-0.25, -0.2) is 13.1 Å². The maximum Gasteiger partial charge on any atom is 0.225 e. The van der Waals surface area contributed by atoms with E-state index < -0.39 is 10.0 Å². The minimum atomic E-state index is -3.28. The van der Waals surface area contributed by atoms with Gasteiger partial charge in [0.1, 0.15) is 13.2 Å². The highest BCUT2D eigenvalue weighted by Gasteiger charge is 2.13. The van der Waals surface area contributed by atoms with Gasteiger partial charge in [0.15, 0.2) is 11.5 Å². The summed E-state index contributed by atoms with van der Waals surface area (Å²) in [6, 6.07) is 5.13. The van der Waals surface area contributed by atoms with Gasteiger partial charge in [0.05, 0.1) is 5.75 Å². The van der Waals surface area contributed by atoms with Crippen molar-refractivity contribution in [2.45, 2.75) is 19.8 Å². The third kappa shape index (κ3) is 4.88. The predicted octanol–water partition coefficient (Wildman–Crippen LogP) is 1.12. The quantitative estimate of drug-likeness (QED) is 0.782. The lowest BCUT2D eigenvalue weighted by Crippen LogP contribution is -2.29. The van der Waals surface area contributed by atoms with E-state index in [2.05, 4.69) is 10.0 Å². The molecule has 0 saturated heterocycles. The molecule has 2 rings (SSSR count). The van der Waals surface area contributed by atoms with Gasteiger partial charge in [-0.2, -0.15) is 0 Å². The number of amides is 1. The number of sulfonamides is 1. The van der Waals surface area contributed by atoms with Crippen molar-refractivity contribution in [1.29, 1.82) is 0 Å². The lowest BCUT2D eigenvalue weighted by atomic mass is 10.2. The Bertz CT molecular complexity index is 630. The lowest BCUT2D eigenvalue weighted by molar-refractivity contribution is -0.116. The highest BCUT2D eigenvalue weighted by molar-refractivity contribution is 7.89. The Morgan fingerprint density at radius 3 is 2.68 bits per heavy atom. The van der Waals surface area contributed by atoms with Crippen LogP contribution >= 0.6 is 0 Å². The molecule has 1 aromatic carbocycles. The third-order valence-corrected chi connectivity index (χ3v) is 4.56. The third-order valence-electron chi connectivity index (χ3n) is 2.97. The van der Waals surface area contributed by atoms with Crippen LogP contribution in [0.25, 0.3) is 0 Å². The fourth-order valence-electron chi connectivity index (χ4n) is 2.01. The van der Waals surface area contributed by atoms with Gasteiger partial charge in [0, 0.05) is 24.7 Å². The SMILES string of the molecule is CCCS(=O)(=O)NCCC(=O)Nc1ccc2c(c1)OCCO2. The van der Waals surface area contributed by atoms with Crippen LogP contribution in [-0.4, -0.2) is 39.8 Å². The summed E-state index contributed by atoms with van der Waals surface area (Å²) in [5.74, 6) is 1.04. The molecule has 0 saturated carbocycles. The maximum absolute atomic E-state index is 11.8. The highest BCUT2D eigenvalue weighted by Crippen LogP contribution is 2.32. The number of carbonyl (C=O) groups excluding carboxylic acids is 1. The van der Waals surface area contributed by atoms with Gasteiger partial charge >= 0.3 is 0 Å². The van der Waals surface area contributed by atoms with Gasteiger partial charge < -0.3 is 14.8 Å². The standard InChI is InChI=1S/C14H20N2O5S/c1-2-9-22(18,19)15-6-5-14(17)16-11-3-4-12-13(10-11)21-8-7-20-12/h3-4,10,15H,2,5-9H2,1H3,(H,16,17). The van der Waals surface area contributed by atoms with Crippen LogP contribution in [-0.2, 0) is 14.8 Å². The molecule has 1 amide bonds. The summed E-state index contributed by atoms with van der Waals surface area (Å²) < 4.78 is 36.1. The molecule has 0 spiro atoms. The second-order valence-electron chi connectivity index (χ2n) is 4.87. The first-order valence-electron chi connectivity index (χ1n) is 7.17. The second kappa shape index (κ2) is 7.46. The van der Waals surface area contributed by atoms with Crippen LogP contribution in [0.4, 0.5) is 5.69 Å². The van der Waals surface area contributed by atoms with Crippen LogP contribution in [0.15, 0.2) is 18.2 Å². The summed E-state index contributed by atoms with van der Waals surface area (Å²) >= 11 is 0. The summed E-state index contributed by atoms with van der Waals surface area (Å²) in [6.07, 6.45) is 0.607. The van der Waals surface area contributed by atoms with Crippen molar-refractivity contribution >= 4 is 21.6 Å². The van der Waals surface area contributed by atoms with Crippen molar-refractivity contribution in [1.82, 2.24) is 4.72 Å². The zero-order chi connectivity index (χ0) is 16.0. The first-order chi connectivity index (χ1) is 10.5. The molecule has 122 valence electrons. The number of carbonyl (C=O) groups is 1. The molecule has 7 nitrogen and oxygen atoms in total. The largest absolute Gasteiger partial charge is 0.486 e. The Hall–Kier alpha value is -1.80. The topological polar surface area (TPSA) is 93.7 Å². The van der Waals surface area contributed by atoms with E-state index >= 15 is 0 Å². The van der Waals surface area contributed by atoms with Gasteiger partial charge in [0.2, 0.25) is 15.9 Å². The highest BCUT2D eigenvalue weighted by atomic mass is 32.2. The number of ether oxygens (including phenoxy) is 2. The van der Waals surface area contributed by atoms with E-state index in [4.69, 9.17) is 9.47 Å². The van der Waals surface area contributed by atoms with Gasteiger partial charge in [0.25, 0.3) is 0 Å². The van der Waals surface area contributed by atoms with Gasteiger partial charge in [-0.1, -0.05) is 6.92 Å². The molecule has 0 radical (unpaired) electrons. The molecule has 0 aromatic heterocycles. The summed E-state index contributed by atoms with van der Waals surface area (Å²) in [5, 5.41) is 2.70. The Kier molecular flexibility index (Phi) is 5.62. The van der Waals surface area contributed by atoms with Gasteiger partial charge in [-0.05, 0) is 18.6 Å². The average molecular weight is 328 g/mol. The number of hydrogen-bond donors (Lipinski definition) is 2. The molecule has 0 bridgehead atoms. The second-order valence-corrected chi connectivity index (χ2v) is 6.80. The first kappa shape index (κ1) is 16.6. The molecular formula is C14H20N2O5S. The first-order valence-corrected chi connectivity index (χ1v) is 8.82. The van der Waals surface area contributed by atoms with Gasteiger partial charge in [-0.15, -0.1) is 0 Å². The number of fused-ring (bicyclic) bond motifs is 1. The minimum absolute atomic E-state index is 0.0663. The molecule has 1 aliphatic heterocycles. The minimum Gasteiger partial charge on any atom is -0.486 e. The van der Waals surface area contributed by atoms with Crippen LogP contribution in [0.2, 0.25) is 0 Å². The van der Waals surface area contributed by atoms with E-state index in [1.54, 1.807) is 25.1 Å². The molecule has 22 heavy (non-hydrogen) atoms. The molecule has 1 aromatic rings. The molecule has 0 atom stereocenters. The number of hydrogen-bond acceptors (Lipinski definition) is 5. The van der Waals surface area contributed by atoms with Crippen molar-refractivity contribution in [2.75, 3.05) is 30.8 Å². The zero-order valence-electron chi connectivity index (χ0n) is 12.4. The fourth-order valence-corrected chi connectivity index (χ4v) is 3.10. The van der Waals surface area contributed by atoms with E-state index in [0.29, 0.717) is 36.8 Å². The van der Waals surface area contributed by atoms with E-state index in [1.807, 2.05) is 0 Å². The van der Waals surface area contributed by atoms with Crippen LogP contribution in [0.3, 0.4) is 0 Å². The Morgan fingerprint density at radius 1 is 1.23 bits per heavy atom. The van der Waals surface area contributed by atoms with Crippen molar-refractivity contribution in [3.8, 4) is 11.5 Å². The van der Waals surface area contributed by atoms with Crippen LogP contribution < -0.4 is 19.5 Å². The summed E-state index contributed by atoms with van der Waals surface area (Å²) in [7, 11) is -3.28. The van der Waals surface area contributed by atoms with Gasteiger partial charge in [-0.3, -0.25) is 4.79 Å². The Labute approximate surface area is 130 Å². The van der Waals surface area contributed by atoms with Crippen molar-refractivity contribution < 1.29 is 22.7 Å². The molecular weight excluding hydrogens is 308 g/mol. The van der Waals surface area contributed by atoms with Crippen LogP contribution in [0.1, 0.15) is 19.8 Å². The van der Waals surface area contributed by atoms with E-state index in [1.165, 1.54) is 0 Å². The van der Waals surface area contributed by atoms with Crippen molar-refractivity contribution in [3.63, 3.8) is 0 Å². The molecule has 1 aliphatic rings. The Morgan fingerprint density at radius 2 is 1.95 bits per heavy atom. The normalized spacial score (nSPS) is 13.7. The van der Waals surface area contributed by atoms with E-state index in [9.17, 15) is 13.2 Å². The molecule has 1 heterocycles. The molecule has 2 N–H and O–H groups in total. The number of nitrogens with one attached hydrogen (secondary N) is 2. The molecule has 0 unspecified atom stereocenters. The molecule has 0 fully saturated rings. The molecule has 8 heteroatoms. The smallest absolute Gasteiger partial charge is 0.225 e. The lowest BCUT2D eigenvalue weighted by Gasteiger charge is -2.19. The maximum atomic E-state index is 11.8. The number of benzene rings is 1. The molecule has 0 aliphatic carbocycles. The Balaban J connectivity index is 1.82. The summed E-state index contributed by atoms with van der Waals surface area (Å²) in [5.41, 5.74) is 0.589. The van der Waals surface area contributed by atoms with Crippen molar-refractivity contribution in [3.05, 3.63) is 18.2 Å². The van der Waals surface area contributed by atoms with E-state index in [0.717, 1.165) is 0 Å². The fraction of sp³-hybridized carbons (Fsp3) is 0.500. The summed E-state index contributed by atoms with van der Waals surface area (Å²) in [4.78, 5) is 11.8. The van der Waals surface area contributed by atoms with Crippen LogP contribution in [0.5, 0.6) is 11.5 Å². The average Bonchev–Trinajstić information content (AvgIpc) is 2.46. The predicted molar refractivity (Wildman–Crippen MR) is 82.8 cm³/mol. The summed E-state index contributed by atoms with van der Waals surface area (Å²) in [6.45, 7) is 2.85.